The van der Waals surface area contributed by atoms with Crippen LogP contribution in [-0.4, -0.2) is 21.8 Å². The number of aliphatic hydroxyl groups is 1. The first-order valence-electron chi connectivity index (χ1n) is 9.44. The van der Waals surface area contributed by atoms with Crippen molar-refractivity contribution in [3.05, 3.63) is 71.3 Å². The van der Waals surface area contributed by atoms with Gasteiger partial charge in [-0.05, 0) is 35.2 Å². The Labute approximate surface area is 165 Å². The standard InChI is InChI=1S/C23H26N2O3/c1-14(2)15-8-10-17(11-9-15)25-19(16-7-6-12-24-13-16)18(20(26)22(25)28)21(27)23(3,4)5/h6-14,19,26H,1-5H3. The molecule has 1 aromatic carbocycles. The number of ketones is 1. The predicted molar refractivity (Wildman–Crippen MR) is 109 cm³/mol. The minimum atomic E-state index is -0.735. The number of pyridine rings is 1. The van der Waals surface area contributed by atoms with Crippen LogP contribution in [0.25, 0.3) is 0 Å². The second-order valence-corrected chi connectivity index (χ2v) is 8.45. The number of aromatic nitrogens is 1. The molecule has 0 saturated heterocycles. The van der Waals surface area contributed by atoms with Crippen LogP contribution in [0.2, 0.25) is 0 Å². The number of rotatable bonds is 4. The average Bonchev–Trinajstić information content (AvgIpc) is 2.92. The third kappa shape index (κ3) is 3.44. The van der Waals surface area contributed by atoms with E-state index in [-0.39, 0.29) is 11.4 Å². The Morgan fingerprint density at radius 3 is 2.29 bits per heavy atom. The van der Waals surface area contributed by atoms with E-state index in [0.29, 0.717) is 17.2 Å². The second-order valence-electron chi connectivity index (χ2n) is 8.45. The zero-order valence-electron chi connectivity index (χ0n) is 16.9. The molecule has 1 amide bonds. The molecular formula is C23H26N2O3. The molecule has 0 saturated carbocycles. The predicted octanol–water partition coefficient (Wildman–Crippen LogP) is 4.72. The van der Waals surface area contributed by atoms with E-state index in [1.807, 2.05) is 30.3 Å². The third-order valence-corrected chi connectivity index (χ3v) is 4.97. The lowest BCUT2D eigenvalue weighted by molar-refractivity contribution is -0.123. The molecule has 2 heterocycles. The van der Waals surface area contributed by atoms with Gasteiger partial charge >= 0.3 is 0 Å². The molecule has 5 nitrogen and oxygen atoms in total. The van der Waals surface area contributed by atoms with Gasteiger partial charge in [0.15, 0.2) is 11.5 Å². The van der Waals surface area contributed by atoms with E-state index in [0.717, 1.165) is 5.56 Å². The van der Waals surface area contributed by atoms with Crippen LogP contribution < -0.4 is 4.90 Å². The number of anilines is 1. The van der Waals surface area contributed by atoms with Gasteiger partial charge in [0.05, 0.1) is 11.6 Å². The normalized spacial score (nSPS) is 17.6. The van der Waals surface area contributed by atoms with Crippen LogP contribution in [-0.2, 0) is 9.59 Å². The van der Waals surface area contributed by atoms with Crippen molar-refractivity contribution in [1.29, 1.82) is 0 Å². The van der Waals surface area contributed by atoms with E-state index in [2.05, 4.69) is 18.8 Å². The highest BCUT2D eigenvalue weighted by Gasteiger charge is 2.46. The molecule has 3 rings (SSSR count). The van der Waals surface area contributed by atoms with Crippen molar-refractivity contribution in [3.63, 3.8) is 0 Å². The summed E-state index contributed by atoms with van der Waals surface area (Å²) in [6.07, 6.45) is 3.26. The molecular weight excluding hydrogens is 352 g/mol. The topological polar surface area (TPSA) is 70.5 Å². The molecule has 2 aromatic rings. The van der Waals surface area contributed by atoms with Crippen LogP contribution in [0, 0.1) is 5.41 Å². The average molecular weight is 378 g/mol. The number of Topliss-reactive ketones (excluding diaryl/α,β-unsaturated/α-hetero) is 1. The minimum absolute atomic E-state index is 0.124. The van der Waals surface area contributed by atoms with Crippen LogP contribution in [0.15, 0.2) is 60.1 Å². The van der Waals surface area contributed by atoms with Crippen LogP contribution in [0.3, 0.4) is 0 Å². The fourth-order valence-electron chi connectivity index (χ4n) is 3.38. The van der Waals surface area contributed by atoms with E-state index in [1.165, 1.54) is 4.90 Å². The Kier molecular flexibility index (Phi) is 5.11. The van der Waals surface area contributed by atoms with E-state index in [4.69, 9.17) is 0 Å². The SMILES string of the molecule is CC(C)c1ccc(N2C(=O)C(O)=C(C(=O)C(C)(C)C)C2c2cccnc2)cc1. The summed E-state index contributed by atoms with van der Waals surface area (Å²) < 4.78 is 0. The van der Waals surface area contributed by atoms with Crippen LogP contribution in [0.1, 0.15) is 57.7 Å². The largest absolute Gasteiger partial charge is 0.503 e. The highest BCUT2D eigenvalue weighted by atomic mass is 16.3. The molecule has 1 unspecified atom stereocenters. The molecule has 146 valence electrons. The summed E-state index contributed by atoms with van der Waals surface area (Å²) in [6.45, 7) is 9.53. The lowest BCUT2D eigenvalue weighted by Crippen LogP contribution is -2.32. The van der Waals surface area contributed by atoms with Gasteiger partial charge in [-0.3, -0.25) is 19.5 Å². The molecule has 0 bridgehead atoms. The molecule has 1 atom stereocenters. The number of amides is 1. The second kappa shape index (κ2) is 7.23. The van der Waals surface area contributed by atoms with E-state index < -0.39 is 23.1 Å². The number of nitrogens with zero attached hydrogens (tertiary/aromatic N) is 2. The number of carbonyl (C=O) groups excluding carboxylic acids is 2. The number of carbonyl (C=O) groups is 2. The maximum absolute atomic E-state index is 13.1. The van der Waals surface area contributed by atoms with Crippen molar-refractivity contribution in [1.82, 2.24) is 4.98 Å². The summed E-state index contributed by atoms with van der Waals surface area (Å²) in [7, 11) is 0. The van der Waals surface area contributed by atoms with Crippen LogP contribution in [0.5, 0.6) is 0 Å². The first-order valence-corrected chi connectivity index (χ1v) is 9.44. The number of hydrogen-bond acceptors (Lipinski definition) is 4. The summed E-state index contributed by atoms with van der Waals surface area (Å²) in [6, 6.07) is 10.5. The lowest BCUT2D eigenvalue weighted by atomic mass is 9.82. The molecule has 5 heteroatoms. The van der Waals surface area contributed by atoms with Crippen molar-refractivity contribution in [2.24, 2.45) is 5.41 Å². The van der Waals surface area contributed by atoms with Gasteiger partial charge in [0.2, 0.25) is 0 Å². The molecule has 1 aromatic heterocycles. The zero-order valence-corrected chi connectivity index (χ0v) is 16.9. The van der Waals surface area contributed by atoms with Crippen LogP contribution in [0.4, 0.5) is 5.69 Å². The molecule has 0 spiro atoms. The first-order chi connectivity index (χ1) is 13.1. The smallest absolute Gasteiger partial charge is 0.294 e. The van der Waals surface area contributed by atoms with Crippen molar-refractivity contribution < 1.29 is 14.7 Å². The first kappa shape index (κ1) is 19.8. The Morgan fingerprint density at radius 1 is 1.14 bits per heavy atom. The van der Waals surface area contributed by atoms with E-state index >= 15 is 0 Å². The molecule has 1 N–H and O–H groups in total. The van der Waals surface area contributed by atoms with Crippen LogP contribution >= 0.6 is 0 Å². The quantitative estimate of drug-likeness (QED) is 0.836. The van der Waals surface area contributed by atoms with Crippen molar-refractivity contribution in [3.8, 4) is 0 Å². The highest BCUT2D eigenvalue weighted by Crippen LogP contribution is 2.43. The fourth-order valence-corrected chi connectivity index (χ4v) is 3.38. The summed E-state index contributed by atoms with van der Waals surface area (Å²) in [5.41, 5.74) is 1.85. The summed E-state index contributed by atoms with van der Waals surface area (Å²) in [4.78, 5) is 31.7. The molecule has 28 heavy (non-hydrogen) atoms. The Bertz CT molecular complexity index is 923. The number of benzene rings is 1. The highest BCUT2D eigenvalue weighted by molar-refractivity contribution is 6.17. The molecule has 0 fully saturated rings. The third-order valence-electron chi connectivity index (χ3n) is 4.97. The van der Waals surface area contributed by atoms with Crippen molar-refractivity contribution in [2.75, 3.05) is 4.90 Å². The monoisotopic (exact) mass is 378 g/mol. The molecule has 0 aliphatic carbocycles. The maximum atomic E-state index is 13.1. The Morgan fingerprint density at radius 2 is 1.79 bits per heavy atom. The van der Waals surface area contributed by atoms with Gasteiger partial charge in [0.25, 0.3) is 5.91 Å². The molecule has 1 aliphatic heterocycles. The number of hydrogen-bond donors (Lipinski definition) is 1. The van der Waals surface area contributed by atoms with Gasteiger partial charge in [0.1, 0.15) is 0 Å². The van der Waals surface area contributed by atoms with Gasteiger partial charge in [-0.1, -0.05) is 52.8 Å². The van der Waals surface area contributed by atoms with Gasteiger partial charge in [0, 0.05) is 23.5 Å². The van der Waals surface area contributed by atoms with Gasteiger partial charge < -0.3 is 5.11 Å². The number of aliphatic hydroxyl groups excluding tert-OH is 1. The maximum Gasteiger partial charge on any atom is 0.294 e. The van der Waals surface area contributed by atoms with Gasteiger partial charge in [-0.25, -0.2) is 0 Å². The zero-order chi connectivity index (χ0) is 20.6. The van der Waals surface area contributed by atoms with Gasteiger partial charge in [-0.2, -0.15) is 0 Å². The lowest BCUT2D eigenvalue weighted by Gasteiger charge is -2.29. The fraction of sp³-hybridized carbons (Fsp3) is 0.348. The van der Waals surface area contributed by atoms with Crippen molar-refractivity contribution in [2.45, 2.75) is 46.6 Å². The Balaban J connectivity index is 2.15. The summed E-state index contributed by atoms with van der Waals surface area (Å²) >= 11 is 0. The molecule has 0 radical (unpaired) electrons. The molecule has 1 aliphatic rings. The van der Waals surface area contributed by atoms with E-state index in [1.54, 1.807) is 39.2 Å². The van der Waals surface area contributed by atoms with Gasteiger partial charge in [-0.15, -0.1) is 0 Å². The summed E-state index contributed by atoms with van der Waals surface area (Å²) in [5, 5.41) is 10.6. The Hall–Kier alpha value is -2.95. The van der Waals surface area contributed by atoms with Crippen molar-refractivity contribution >= 4 is 17.4 Å². The van der Waals surface area contributed by atoms with E-state index in [9.17, 15) is 14.7 Å². The minimum Gasteiger partial charge on any atom is -0.503 e. The summed E-state index contributed by atoms with van der Waals surface area (Å²) in [5.74, 6) is -0.948.